The fraction of sp³-hybridized carbons (Fsp3) is 0.632. The van der Waals surface area contributed by atoms with Gasteiger partial charge in [0.1, 0.15) is 0 Å². The van der Waals surface area contributed by atoms with Crippen molar-refractivity contribution in [1.82, 2.24) is 15.5 Å². The molecule has 0 spiro atoms. The van der Waals surface area contributed by atoms with Crippen LogP contribution in [0.1, 0.15) is 31.2 Å². The van der Waals surface area contributed by atoms with Crippen LogP contribution in [0.15, 0.2) is 18.2 Å². The normalized spacial score (nSPS) is 22.3. The van der Waals surface area contributed by atoms with Crippen molar-refractivity contribution in [2.45, 2.75) is 38.3 Å². The summed E-state index contributed by atoms with van der Waals surface area (Å²) in [5.41, 5.74) is 0.905. The van der Waals surface area contributed by atoms with Gasteiger partial charge in [0.05, 0.1) is 18.1 Å². The number of carbonyl (C=O) groups excluding carboxylic acids is 1. The van der Waals surface area contributed by atoms with Crippen LogP contribution in [0.25, 0.3) is 0 Å². The maximum absolute atomic E-state index is 12.2. The molecule has 2 heterocycles. The molecule has 0 saturated carbocycles. The van der Waals surface area contributed by atoms with E-state index in [0.717, 1.165) is 50.9 Å². The first-order valence-corrected chi connectivity index (χ1v) is 9.61. The average molecular weight is 413 g/mol. The van der Waals surface area contributed by atoms with E-state index in [2.05, 4.69) is 15.5 Å². The summed E-state index contributed by atoms with van der Waals surface area (Å²) in [6.45, 7) is 4.13. The van der Waals surface area contributed by atoms with Gasteiger partial charge >= 0.3 is 5.69 Å². The Morgan fingerprint density at radius 1 is 1.39 bits per heavy atom. The highest BCUT2D eigenvalue weighted by Crippen LogP contribution is 2.28. The number of piperidine rings is 1. The minimum absolute atomic E-state index is 0. The maximum atomic E-state index is 12.2. The Morgan fingerprint density at radius 3 is 2.89 bits per heavy atom. The van der Waals surface area contributed by atoms with Gasteiger partial charge in [0.2, 0.25) is 5.91 Å². The lowest BCUT2D eigenvalue weighted by Crippen LogP contribution is -2.45. The Labute approximate surface area is 171 Å². The van der Waals surface area contributed by atoms with Gasteiger partial charge in [-0.3, -0.25) is 19.8 Å². The molecule has 2 aliphatic rings. The molecule has 1 aromatic rings. The van der Waals surface area contributed by atoms with Crippen LogP contribution in [-0.2, 0) is 11.3 Å². The summed E-state index contributed by atoms with van der Waals surface area (Å²) in [6, 6.07) is 5.09. The molecule has 8 nitrogen and oxygen atoms in total. The third-order valence-electron chi connectivity index (χ3n) is 5.39. The summed E-state index contributed by atoms with van der Waals surface area (Å²) < 4.78 is 5.06. The number of nitro benzene ring substituents is 1. The molecule has 0 aliphatic carbocycles. The zero-order chi connectivity index (χ0) is 19.2. The van der Waals surface area contributed by atoms with Crippen molar-refractivity contribution in [3.05, 3.63) is 33.9 Å². The molecule has 2 unspecified atom stereocenters. The van der Waals surface area contributed by atoms with Gasteiger partial charge in [-0.05, 0) is 56.3 Å². The first kappa shape index (κ1) is 22.4. The predicted molar refractivity (Wildman–Crippen MR) is 109 cm³/mol. The maximum Gasteiger partial charge on any atom is 0.311 e. The first-order valence-electron chi connectivity index (χ1n) is 9.61. The summed E-state index contributed by atoms with van der Waals surface area (Å²) in [7, 11) is 1.44. The number of benzene rings is 1. The predicted octanol–water partition coefficient (Wildman–Crippen LogP) is 2.11. The molecule has 1 amide bonds. The minimum atomic E-state index is -0.409. The number of hydrogen-bond donors (Lipinski definition) is 2. The standard InChI is InChI=1S/C19H28N4O4.ClH/c1-27-18-7-6-14(10-17(18)23(25)26)12-22-9-3-4-15(13-22)11-21-19(24)16-5-2-8-20-16;/h6-7,10,15-16,20H,2-5,8-9,11-13H2,1H3,(H,21,24);1H. The topological polar surface area (TPSA) is 96.7 Å². The smallest absolute Gasteiger partial charge is 0.311 e. The number of likely N-dealkylation sites (tertiary alicyclic amines) is 1. The van der Waals surface area contributed by atoms with E-state index < -0.39 is 4.92 Å². The number of hydrogen-bond acceptors (Lipinski definition) is 6. The van der Waals surface area contributed by atoms with Gasteiger partial charge in [-0.2, -0.15) is 0 Å². The molecule has 2 fully saturated rings. The molecule has 2 aliphatic heterocycles. The van der Waals surface area contributed by atoms with Gasteiger partial charge in [0.15, 0.2) is 5.75 Å². The molecule has 1 aromatic carbocycles. The van der Waals surface area contributed by atoms with E-state index in [1.807, 2.05) is 6.07 Å². The van der Waals surface area contributed by atoms with Crippen LogP contribution >= 0.6 is 12.4 Å². The van der Waals surface area contributed by atoms with Crippen molar-refractivity contribution < 1.29 is 14.5 Å². The molecule has 2 N–H and O–H groups in total. The van der Waals surface area contributed by atoms with Crippen LogP contribution in [0.5, 0.6) is 5.75 Å². The van der Waals surface area contributed by atoms with Crippen molar-refractivity contribution in [3.63, 3.8) is 0 Å². The molecule has 2 saturated heterocycles. The van der Waals surface area contributed by atoms with E-state index in [9.17, 15) is 14.9 Å². The van der Waals surface area contributed by atoms with E-state index in [-0.39, 0.29) is 35.8 Å². The number of nitro groups is 1. The highest BCUT2D eigenvalue weighted by molar-refractivity contribution is 5.85. The Kier molecular flexibility index (Phi) is 8.47. The molecule has 0 aromatic heterocycles. The fourth-order valence-corrected chi connectivity index (χ4v) is 3.97. The van der Waals surface area contributed by atoms with Gasteiger partial charge < -0.3 is 15.4 Å². The zero-order valence-electron chi connectivity index (χ0n) is 16.2. The lowest BCUT2D eigenvalue weighted by molar-refractivity contribution is -0.385. The van der Waals surface area contributed by atoms with Crippen molar-refractivity contribution in [2.75, 3.05) is 33.3 Å². The number of amides is 1. The van der Waals surface area contributed by atoms with Crippen LogP contribution in [0.3, 0.4) is 0 Å². The highest BCUT2D eigenvalue weighted by atomic mass is 35.5. The molecule has 0 bridgehead atoms. The number of ether oxygens (including phenoxy) is 1. The monoisotopic (exact) mass is 412 g/mol. The number of rotatable bonds is 7. The average Bonchev–Trinajstić information content (AvgIpc) is 3.21. The van der Waals surface area contributed by atoms with E-state index in [1.54, 1.807) is 12.1 Å². The third-order valence-corrected chi connectivity index (χ3v) is 5.39. The zero-order valence-corrected chi connectivity index (χ0v) is 17.0. The van der Waals surface area contributed by atoms with Gasteiger partial charge in [0.25, 0.3) is 0 Å². The lowest BCUT2D eigenvalue weighted by Gasteiger charge is -2.33. The number of carbonyl (C=O) groups is 1. The molecular weight excluding hydrogens is 384 g/mol. The number of halogens is 1. The van der Waals surface area contributed by atoms with Crippen molar-refractivity contribution in [2.24, 2.45) is 5.92 Å². The minimum Gasteiger partial charge on any atom is -0.490 e. The third kappa shape index (κ3) is 5.80. The molecule has 9 heteroatoms. The Hall–Kier alpha value is -1.90. The summed E-state index contributed by atoms with van der Waals surface area (Å²) in [5.74, 6) is 0.802. The van der Waals surface area contributed by atoms with Crippen molar-refractivity contribution in [1.29, 1.82) is 0 Å². The van der Waals surface area contributed by atoms with E-state index >= 15 is 0 Å². The summed E-state index contributed by atoms with van der Waals surface area (Å²) >= 11 is 0. The van der Waals surface area contributed by atoms with Crippen LogP contribution in [0.4, 0.5) is 5.69 Å². The number of nitrogens with zero attached hydrogens (tertiary/aromatic N) is 2. The van der Waals surface area contributed by atoms with E-state index in [0.29, 0.717) is 19.0 Å². The van der Waals surface area contributed by atoms with Crippen LogP contribution in [-0.4, -0.2) is 55.1 Å². The summed E-state index contributed by atoms with van der Waals surface area (Å²) in [5, 5.41) is 17.5. The molecule has 156 valence electrons. The second kappa shape index (κ2) is 10.6. The highest BCUT2D eigenvalue weighted by Gasteiger charge is 2.25. The Morgan fingerprint density at radius 2 is 2.21 bits per heavy atom. The Balaban J connectivity index is 0.00000280. The number of methoxy groups -OCH3 is 1. The summed E-state index contributed by atoms with van der Waals surface area (Å²) in [4.78, 5) is 25.3. The van der Waals surface area contributed by atoms with Gasteiger partial charge in [-0.1, -0.05) is 6.07 Å². The van der Waals surface area contributed by atoms with E-state index in [1.165, 1.54) is 7.11 Å². The van der Waals surface area contributed by atoms with Gasteiger partial charge in [-0.15, -0.1) is 12.4 Å². The SMILES string of the molecule is COc1ccc(CN2CCCC(CNC(=O)C3CCCN3)C2)cc1[N+](=O)[O-].Cl. The summed E-state index contributed by atoms with van der Waals surface area (Å²) in [6.07, 6.45) is 4.14. The molecular formula is C19H29ClN4O4. The Bertz CT molecular complexity index is 682. The first-order chi connectivity index (χ1) is 13.1. The van der Waals surface area contributed by atoms with Crippen LogP contribution < -0.4 is 15.4 Å². The molecule has 3 rings (SSSR count). The van der Waals surface area contributed by atoms with Crippen molar-refractivity contribution >= 4 is 24.0 Å². The second-order valence-corrected chi connectivity index (χ2v) is 7.40. The molecule has 0 radical (unpaired) electrons. The van der Waals surface area contributed by atoms with Crippen molar-refractivity contribution in [3.8, 4) is 5.75 Å². The van der Waals surface area contributed by atoms with Crippen LogP contribution in [0.2, 0.25) is 0 Å². The molecule has 2 atom stereocenters. The van der Waals surface area contributed by atoms with Gasteiger partial charge in [0, 0.05) is 25.7 Å². The van der Waals surface area contributed by atoms with Crippen LogP contribution in [0, 0.1) is 16.0 Å². The van der Waals surface area contributed by atoms with Gasteiger partial charge in [-0.25, -0.2) is 0 Å². The molecule has 28 heavy (non-hydrogen) atoms. The number of nitrogens with one attached hydrogen (secondary N) is 2. The largest absolute Gasteiger partial charge is 0.490 e. The second-order valence-electron chi connectivity index (χ2n) is 7.40. The fourth-order valence-electron chi connectivity index (χ4n) is 3.97. The van der Waals surface area contributed by atoms with E-state index in [4.69, 9.17) is 4.74 Å². The quantitative estimate of drug-likeness (QED) is 0.526. The lowest BCUT2D eigenvalue weighted by atomic mass is 9.97.